The van der Waals surface area contributed by atoms with Gasteiger partial charge in [0.25, 0.3) is 0 Å². The van der Waals surface area contributed by atoms with E-state index in [0.717, 1.165) is 6.07 Å². The van der Waals surface area contributed by atoms with Crippen molar-refractivity contribution in [3.05, 3.63) is 28.8 Å². The summed E-state index contributed by atoms with van der Waals surface area (Å²) < 4.78 is 67.6. The molecule has 0 radical (unpaired) electrons. The van der Waals surface area contributed by atoms with Gasteiger partial charge in [-0.15, -0.1) is 0 Å². The lowest BCUT2D eigenvalue weighted by molar-refractivity contribution is -0.212. The van der Waals surface area contributed by atoms with Gasteiger partial charge in [0, 0.05) is 6.54 Å². The van der Waals surface area contributed by atoms with Gasteiger partial charge in [0.2, 0.25) is 10.0 Å². The Balaban J connectivity index is 2.65. The molecule has 1 saturated heterocycles. The van der Waals surface area contributed by atoms with Crippen molar-refractivity contribution in [2.75, 3.05) is 6.54 Å². The molecule has 1 aliphatic rings. The van der Waals surface area contributed by atoms with Gasteiger partial charge >= 0.3 is 6.18 Å². The van der Waals surface area contributed by atoms with Gasteiger partial charge in [0.05, 0.1) is 10.6 Å². The van der Waals surface area contributed by atoms with Crippen LogP contribution < -0.4 is 0 Å². The van der Waals surface area contributed by atoms with Crippen molar-refractivity contribution in [1.29, 1.82) is 5.26 Å². The molecule has 0 aromatic heterocycles. The van der Waals surface area contributed by atoms with Gasteiger partial charge in [-0.25, -0.2) is 8.42 Å². The minimum absolute atomic E-state index is 0.106. The van der Waals surface area contributed by atoms with Crippen LogP contribution in [0, 0.1) is 11.3 Å². The molecule has 1 unspecified atom stereocenters. The fraction of sp³-hybridized carbons (Fsp3) is 0.533. The average molecular weight is 381 g/mol. The molecule has 1 heterocycles. The fourth-order valence-electron chi connectivity index (χ4n) is 3.24. The summed E-state index contributed by atoms with van der Waals surface area (Å²) in [6.45, 7) is 1.34. The van der Waals surface area contributed by atoms with Crippen LogP contribution in [0.25, 0.3) is 0 Å². The summed E-state index contributed by atoms with van der Waals surface area (Å²) in [6.07, 6.45) is -5.00. The standard InChI is InChI=1S/C15H16ClF3N2O2S/c1-2-7-14(15(17,18)19)8-4-9-21(14)24(22,23)13-6-3-5-12(16)11(13)10-20/h3,5-6H,2,4,7-9H2,1H3. The van der Waals surface area contributed by atoms with Crippen LogP contribution in [0.1, 0.15) is 38.2 Å². The van der Waals surface area contributed by atoms with Gasteiger partial charge in [-0.1, -0.05) is 31.0 Å². The molecule has 1 aromatic rings. The van der Waals surface area contributed by atoms with Crippen LogP contribution in [0.5, 0.6) is 0 Å². The quantitative estimate of drug-likeness (QED) is 0.790. The molecule has 24 heavy (non-hydrogen) atoms. The van der Waals surface area contributed by atoms with Gasteiger partial charge in [-0.05, 0) is 31.4 Å². The second kappa shape index (κ2) is 6.54. The molecule has 2 rings (SSSR count). The Morgan fingerprint density at radius 1 is 1.42 bits per heavy atom. The molecule has 0 bridgehead atoms. The van der Waals surface area contributed by atoms with Crippen LogP contribution >= 0.6 is 11.6 Å². The number of hydrogen-bond donors (Lipinski definition) is 0. The number of nitrogens with zero attached hydrogens (tertiary/aromatic N) is 2. The molecule has 4 nitrogen and oxygen atoms in total. The van der Waals surface area contributed by atoms with Crippen molar-refractivity contribution in [2.24, 2.45) is 0 Å². The summed E-state index contributed by atoms with van der Waals surface area (Å²) in [4.78, 5) is -0.482. The largest absolute Gasteiger partial charge is 0.407 e. The Hall–Kier alpha value is -1.30. The number of halogens is 4. The van der Waals surface area contributed by atoms with Crippen molar-refractivity contribution < 1.29 is 21.6 Å². The Bertz CT molecular complexity index is 774. The predicted octanol–water partition coefficient (Wildman–Crippen LogP) is 4.10. The lowest BCUT2D eigenvalue weighted by Crippen LogP contribution is -2.57. The van der Waals surface area contributed by atoms with Crippen molar-refractivity contribution in [3.63, 3.8) is 0 Å². The molecule has 1 aromatic carbocycles. The number of sulfonamides is 1. The lowest BCUT2D eigenvalue weighted by Gasteiger charge is -2.39. The second-order valence-electron chi connectivity index (χ2n) is 5.68. The molecule has 9 heteroatoms. The number of benzene rings is 1. The first kappa shape index (κ1) is 19.0. The third-order valence-corrected chi connectivity index (χ3v) is 6.60. The van der Waals surface area contributed by atoms with E-state index in [1.807, 2.05) is 0 Å². The number of alkyl halides is 3. The number of rotatable bonds is 4. The Labute approximate surface area is 143 Å². The topological polar surface area (TPSA) is 61.2 Å². The molecular formula is C15H16ClF3N2O2S. The van der Waals surface area contributed by atoms with E-state index in [0.29, 0.717) is 4.31 Å². The molecule has 1 aliphatic heterocycles. The summed E-state index contributed by atoms with van der Waals surface area (Å²) >= 11 is 5.84. The molecule has 1 atom stereocenters. The van der Waals surface area contributed by atoms with Crippen LogP contribution in [0.15, 0.2) is 23.1 Å². The van der Waals surface area contributed by atoms with E-state index < -0.39 is 26.6 Å². The van der Waals surface area contributed by atoms with Gasteiger partial charge < -0.3 is 0 Å². The maximum absolute atomic E-state index is 13.8. The van der Waals surface area contributed by atoms with Gasteiger partial charge in [0.15, 0.2) is 0 Å². The highest BCUT2D eigenvalue weighted by Crippen LogP contribution is 2.48. The first-order chi connectivity index (χ1) is 11.1. The van der Waals surface area contributed by atoms with Crippen molar-refractivity contribution in [2.45, 2.75) is 49.2 Å². The van der Waals surface area contributed by atoms with Crippen molar-refractivity contribution >= 4 is 21.6 Å². The van der Waals surface area contributed by atoms with E-state index in [1.54, 1.807) is 13.0 Å². The van der Waals surface area contributed by atoms with Crippen LogP contribution in [-0.2, 0) is 10.0 Å². The van der Waals surface area contributed by atoms with E-state index in [1.165, 1.54) is 12.1 Å². The molecule has 0 N–H and O–H groups in total. The van der Waals surface area contributed by atoms with Gasteiger partial charge in [0.1, 0.15) is 16.5 Å². The second-order valence-corrected chi connectivity index (χ2v) is 7.92. The number of hydrogen-bond acceptors (Lipinski definition) is 3. The molecule has 0 saturated carbocycles. The summed E-state index contributed by atoms with van der Waals surface area (Å²) in [6, 6.07) is 5.42. The molecule has 0 spiro atoms. The van der Waals surface area contributed by atoms with Crippen molar-refractivity contribution in [3.8, 4) is 6.07 Å². The lowest BCUT2D eigenvalue weighted by atomic mass is 9.91. The first-order valence-corrected chi connectivity index (χ1v) is 9.22. The van der Waals surface area contributed by atoms with Crippen LogP contribution in [0.4, 0.5) is 13.2 Å². The van der Waals surface area contributed by atoms with E-state index in [4.69, 9.17) is 16.9 Å². The third kappa shape index (κ3) is 2.89. The summed E-state index contributed by atoms with van der Waals surface area (Å²) in [5, 5.41) is 9.05. The molecule has 0 amide bonds. The van der Waals surface area contributed by atoms with E-state index in [2.05, 4.69) is 0 Å². The zero-order chi connectivity index (χ0) is 18.2. The highest BCUT2D eigenvalue weighted by Gasteiger charge is 2.63. The Morgan fingerprint density at radius 2 is 2.08 bits per heavy atom. The fourth-order valence-corrected chi connectivity index (χ4v) is 5.53. The first-order valence-electron chi connectivity index (χ1n) is 7.40. The molecule has 132 valence electrons. The third-order valence-electron chi connectivity index (χ3n) is 4.28. The summed E-state index contributed by atoms with van der Waals surface area (Å²) in [5.74, 6) is 0. The number of nitriles is 1. The van der Waals surface area contributed by atoms with E-state index in [-0.39, 0.29) is 42.8 Å². The zero-order valence-electron chi connectivity index (χ0n) is 12.9. The van der Waals surface area contributed by atoms with Crippen LogP contribution in [0.2, 0.25) is 5.02 Å². The maximum Gasteiger partial charge on any atom is 0.407 e. The minimum atomic E-state index is -4.70. The Morgan fingerprint density at radius 3 is 2.62 bits per heavy atom. The zero-order valence-corrected chi connectivity index (χ0v) is 14.5. The highest BCUT2D eigenvalue weighted by atomic mass is 35.5. The van der Waals surface area contributed by atoms with Crippen LogP contribution in [-0.4, -0.2) is 31.0 Å². The minimum Gasteiger partial charge on any atom is -0.207 e. The average Bonchev–Trinajstić information content (AvgIpc) is 2.93. The maximum atomic E-state index is 13.8. The highest BCUT2D eigenvalue weighted by molar-refractivity contribution is 7.89. The summed E-state index contributed by atoms with van der Waals surface area (Å²) in [7, 11) is -4.51. The SMILES string of the molecule is CCCC1(C(F)(F)F)CCCN1S(=O)(=O)c1cccc(Cl)c1C#N. The molecular weight excluding hydrogens is 365 g/mol. The monoisotopic (exact) mass is 380 g/mol. The van der Waals surface area contributed by atoms with Gasteiger partial charge in [-0.3, -0.25) is 0 Å². The van der Waals surface area contributed by atoms with E-state index >= 15 is 0 Å². The van der Waals surface area contributed by atoms with Crippen molar-refractivity contribution in [1.82, 2.24) is 4.31 Å². The summed E-state index contributed by atoms with van der Waals surface area (Å²) in [5.41, 5.74) is -2.77. The smallest absolute Gasteiger partial charge is 0.207 e. The predicted molar refractivity (Wildman–Crippen MR) is 83.0 cm³/mol. The molecule has 0 aliphatic carbocycles. The van der Waals surface area contributed by atoms with Gasteiger partial charge in [-0.2, -0.15) is 22.7 Å². The molecule has 1 fully saturated rings. The van der Waals surface area contributed by atoms with Crippen LogP contribution in [0.3, 0.4) is 0 Å². The van der Waals surface area contributed by atoms with E-state index in [9.17, 15) is 21.6 Å². The Kier molecular flexibility index (Phi) is 5.19. The normalized spacial score (nSPS) is 22.5.